The molecule has 35 heavy (non-hydrogen) atoms. The molecule has 0 spiro atoms. The normalized spacial score (nSPS) is 24.7. The Balaban J connectivity index is 1.56. The van der Waals surface area contributed by atoms with Gasteiger partial charge in [-0.25, -0.2) is 4.79 Å². The summed E-state index contributed by atoms with van der Waals surface area (Å²) >= 11 is 1.68. The maximum absolute atomic E-state index is 13.5. The molecule has 1 aromatic rings. The maximum Gasteiger partial charge on any atom is 0.316 e. The van der Waals surface area contributed by atoms with Crippen molar-refractivity contribution in [2.45, 2.75) is 89.5 Å². The molecule has 0 radical (unpaired) electrons. The lowest BCUT2D eigenvalue weighted by Gasteiger charge is -2.33. The Morgan fingerprint density at radius 1 is 1.23 bits per heavy atom. The molecule has 1 aromatic carbocycles. The van der Waals surface area contributed by atoms with E-state index in [-0.39, 0.29) is 41.0 Å². The lowest BCUT2D eigenvalue weighted by Crippen LogP contribution is -2.50. The first-order chi connectivity index (χ1) is 16.7. The highest BCUT2D eigenvalue weighted by Gasteiger charge is 2.50. The number of hydrogen-bond acceptors (Lipinski definition) is 5. The van der Waals surface area contributed by atoms with E-state index in [1.54, 1.807) is 23.7 Å². The summed E-state index contributed by atoms with van der Waals surface area (Å²) in [4.78, 5) is 39.4. The summed E-state index contributed by atoms with van der Waals surface area (Å²) < 4.78 is 0. The minimum absolute atomic E-state index is 0.00360. The van der Waals surface area contributed by atoms with E-state index in [0.717, 1.165) is 44.3 Å². The van der Waals surface area contributed by atoms with Gasteiger partial charge in [0.05, 0.1) is 17.6 Å². The van der Waals surface area contributed by atoms with Crippen molar-refractivity contribution in [2.24, 2.45) is 5.41 Å². The van der Waals surface area contributed by atoms with Crippen LogP contribution in [-0.2, 0) is 16.0 Å². The predicted octanol–water partition coefficient (Wildman–Crippen LogP) is 3.14. The van der Waals surface area contributed by atoms with Gasteiger partial charge in [-0.05, 0) is 75.3 Å². The fourth-order valence-electron chi connectivity index (χ4n) is 5.14. The second-order valence-electron chi connectivity index (χ2n) is 10.4. The van der Waals surface area contributed by atoms with Crippen LogP contribution in [0.5, 0.6) is 0 Å². The highest BCUT2D eigenvalue weighted by molar-refractivity contribution is 7.99. The van der Waals surface area contributed by atoms with E-state index >= 15 is 0 Å². The van der Waals surface area contributed by atoms with Crippen molar-refractivity contribution in [3.63, 3.8) is 0 Å². The van der Waals surface area contributed by atoms with Crippen LogP contribution >= 0.6 is 11.8 Å². The van der Waals surface area contributed by atoms with E-state index in [9.17, 15) is 14.4 Å². The Morgan fingerprint density at radius 2 is 1.97 bits per heavy atom. The van der Waals surface area contributed by atoms with Gasteiger partial charge < -0.3 is 26.2 Å². The van der Waals surface area contributed by atoms with Crippen LogP contribution in [0.4, 0.5) is 4.79 Å². The van der Waals surface area contributed by atoms with Crippen molar-refractivity contribution in [1.29, 1.82) is 0 Å². The topological polar surface area (TPSA) is 103 Å². The molecule has 194 valence electrons. The fraction of sp³-hybridized carbons (Fsp3) is 0.654. The van der Waals surface area contributed by atoms with Gasteiger partial charge in [0.15, 0.2) is 0 Å². The van der Waals surface area contributed by atoms with Gasteiger partial charge in [-0.1, -0.05) is 38.1 Å². The molecular weight excluding hydrogens is 462 g/mol. The largest absolute Gasteiger partial charge is 0.347 e. The number of nitrogens with zero attached hydrogens (tertiary/aromatic N) is 1. The van der Waals surface area contributed by atoms with Gasteiger partial charge in [0.1, 0.15) is 6.04 Å². The monoisotopic (exact) mass is 503 g/mol. The molecular formula is C26H41N5O3S. The average Bonchev–Trinajstić information content (AvgIpc) is 3.08. The number of carbonyl (C=O) groups is 3. The Kier molecular flexibility index (Phi) is 9.47. The quantitative estimate of drug-likeness (QED) is 0.290. The third-order valence-corrected chi connectivity index (χ3v) is 8.41. The Morgan fingerprint density at radius 3 is 2.69 bits per heavy atom. The summed E-state index contributed by atoms with van der Waals surface area (Å²) in [5.41, 5.74) is 2.16. The number of urea groups is 1. The lowest BCUT2D eigenvalue weighted by atomic mass is 9.83. The van der Waals surface area contributed by atoms with Gasteiger partial charge in [-0.15, -0.1) is 11.8 Å². The molecule has 1 aliphatic heterocycles. The molecule has 1 heterocycles. The summed E-state index contributed by atoms with van der Waals surface area (Å²) in [6, 6.07) is 7.59. The zero-order valence-corrected chi connectivity index (χ0v) is 22.4. The predicted molar refractivity (Wildman–Crippen MR) is 141 cm³/mol. The fourth-order valence-corrected chi connectivity index (χ4v) is 6.80. The van der Waals surface area contributed by atoms with Crippen LogP contribution in [0.1, 0.15) is 70.5 Å². The van der Waals surface area contributed by atoms with Crippen molar-refractivity contribution in [2.75, 3.05) is 12.8 Å². The highest BCUT2D eigenvalue weighted by Crippen LogP contribution is 2.44. The van der Waals surface area contributed by atoms with Crippen LogP contribution in [0.25, 0.3) is 0 Å². The number of hydrogen-bond donors (Lipinski definition) is 4. The molecule has 5 atom stereocenters. The van der Waals surface area contributed by atoms with E-state index in [1.165, 1.54) is 11.1 Å². The summed E-state index contributed by atoms with van der Waals surface area (Å²) in [6.07, 6.45) is 5.25. The van der Waals surface area contributed by atoms with E-state index < -0.39 is 6.04 Å². The van der Waals surface area contributed by atoms with Crippen molar-refractivity contribution in [1.82, 2.24) is 26.2 Å². The van der Waals surface area contributed by atoms with E-state index in [2.05, 4.69) is 47.2 Å². The number of aryl methyl sites for hydroxylation is 1. The summed E-state index contributed by atoms with van der Waals surface area (Å²) in [7, 11) is 1.79. The SMILES string of the molecule is CN[C@@H](C)NC(=O)NC(C)CCSC1CC(C)(C)[C@@H](C(=O)NC2CCCc3ccccc32)N1C=O. The smallest absolute Gasteiger partial charge is 0.316 e. The summed E-state index contributed by atoms with van der Waals surface area (Å²) in [6.45, 7) is 7.98. The van der Waals surface area contributed by atoms with Crippen LogP contribution in [0.3, 0.4) is 0 Å². The summed E-state index contributed by atoms with van der Waals surface area (Å²) in [5, 5.41) is 11.9. The molecule has 3 unspecified atom stereocenters. The zero-order valence-electron chi connectivity index (χ0n) is 21.6. The van der Waals surface area contributed by atoms with Gasteiger partial charge in [-0.2, -0.15) is 0 Å². The minimum Gasteiger partial charge on any atom is -0.347 e. The first-order valence-corrected chi connectivity index (χ1v) is 13.7. The van der Waals surface area contributed by atoms with Crippen LogP contribution in [0, 0.1) is 5.41 Å². The number of fused-ring (bicyclic) bond motifs is 1. The van der Waals surface area contributed by atoms with Crippen LogP contribution in [0.2, 0.25) is 0 Å². The number of nitrogens with one attached hydrogen (secondary N) is 4. The Bertz CT molecular complexity index is 895. The van der Waals surface area contributed by atoms with Crippen molar-refractivity contribution < 1.29 is 14.4 Å². The molecule has 4 amide bonds. The Labute approximate surface area is 213 Å². The molecule has 3 rings (SSSR count). The first-order valence-electron chi connectivity index (χ1n) is 12.6. The lowest BCUT2D eigenvalue weighted by molar-refractivity contribution is -0.134. The highest BCUT2D eigenvalue weighted by atomic mass is 32.2. The zero-order chi connectivity index (χ0) is 25.6. The number of amides is 4. The molecule has 8 nitrogen and oxygen atoms in total. The van der Waals surface area contributed by atoms with Crippen molar-refractivity contribution >= 4 is 30.1 Å². The Hall–Kier alpha value is -2.26. The number of thioether (sulfide) groups is 1. The first kappa shape index (κ1) is 27.3. The average molecular weight is 504 g/mol. The molecule has 1 fully saturated rings. The maximum atomic E-state index is 13.5. The van der Waals surface area contributed by atoms with Gasteiger partial charge >= 0.3 is 6.03 Å². The molecule has 2 aliphatic rings. The van der Waals surface area contributed by atoms with Crippen LogP contribution in [0.15, 0.2) is 24.3 Å². The molecule has 1 aliphatic carbocycles. The number of rotatable bonds is 10. The third-order valence-electron chi connectivity index (χ3n) is 7.15. The van der Waals surface area contributed by atoms with E-state index in [1.807, 2.05) is 26.0 Å². The van der Waals surface area contributed by atoms with Crippen LogP contribution < -0.4 is 21.3 Å². The molecule has 0 bridgehead atoms. The van der Waals surface area contributed by atoms with Gasteiger partial charge in [0.2, 0.25) is 12.3 Å². The van der Waals surface area contributed by atoms with Gasteiger partial charge in [0, 0.05) is 6.04 Å². The van der Waals surface area contributed by atoms with E-state index in [0.29, 0.717) is 0 Å². The molecule has 9 heteroatoms. The van der Waals surface area contributed by atoms with Gasteiger partial charge in [0.25, 0.3) is 0 Å². The molecule has 0 saturated carbocycles. The van der Waals surface area contributed by atoms with Gasteiger partial charge in [-0.3, -0.25) is 9.59 Å². The molecule has 1 saturated heterocycles. The van der Waals surface area contributed by atoms with E-state index in [4.69, 9.17) is 0 Å². The minimum atomic E-state index is -0.504. The second-order valence-corrected chi connectivity index (χ2v) is 11.7. The summed E-state index contributed by atoms with van der Waals surface area (Å²) in [5.74, 6) is 0.704. The number of benzene rings is 1. The number of likely N-dealkylation sites (tertiary alicyclic amines) is 1. The standard InChI is InChI=1S/C26H41N5O3S/c1-17(28-25(34)29-18(2)27-5)13-14-35-22-15-26(3,4)23(31(22)16-32)24(33)30-21-12-8-10-19-9-6-7-11-20(19)21/h6-7,9,11,16-18,21-23,27H,8,10,12-15H2,1-5H3,(H,30,33)(H2,28,29,34)/t17?,18-,21?,22?,23-/m1/s1. The van der Waals surface area contributed by atoms with Crippen molar-refractivity contribution in [3.05, 3.63) is 35.4 Å². The third kappa shape index (κ3) is 6.91. The number of carbonyl (C=O) groups excluding carboxylic acids is 3. The molecule has 4 N–H and O–H groups in total. The van der Waals surface area contributed by atoms with Crippen LogP contribution in [-0.4, -0.2) is 59.7 Å². The second kappa shape index (κ2) is 12.1. The van der Waals surface area contributed by atoms with Crippen molar-refractivity contribution in [3.8, 4) is 0 Å². The molecule has 0 aromatic heterocycles.